The van der Waals surface area contributed by atoms with Crippen LogP contribution < -0.4 is 4.90 Å². The zero-order valence-corrected chi connectivity index (χ0v) is 13.0. The van der Waals surface area contributed by atoms with Crippen LogP contribution in [0, 0.1) is 0 Å². The maximum absolute atomic E-state index is 2.44. The van der Waals surface area contributed by atoms with Crippen LogP contribution in [0.3, 0.4) is 0 Å². The first-order valence-electron chi connectivity index (χ1n) is 8.06. The molecule has 1 heteroatoms. The van der Waals surface area contributed by atoms with E-state index < -0.39 is 0 Å². The predicted molar refractivity (Wildman–Crippen MR) is 97.5 cm³/mol. The fraction of sp³-hybridized carbons (Fsp3) is 0.0909. The van der Waals surface area contributed by atoms with Crippen LogP contribution in [0.2, 0.25) is 0 Å². The van der Waals surface area contributed by atoms with Gasteiger partial charge in [-0.25, -0.2) is 0 Å². The normalized spacial score (nSPS) is 13.4. The Morgan fingerprint density at radius 3 is 2.13 bits per heavy atom. The minimum absolute atomic E-state index is 0.941. The van der Waals surface area contributed by atoms with Gasteiger partial charge >= 0.3 is 0 Å². The van der Waals surface area contributed by atoms with Crippen molar-refractivity contribution >= 4 is 11.3 Å². The van der Waals surface area contributed by atoms with E-state index in [2.05, 4.69) is 95.9 Å². The van der Waals surface area contributed by atoms with E-state index in [1.807, 2.05) is 0 Å². The standard InChI is InChI=1S/C22H19N/c1-3-9-18(10-4-1)17-23-16-15-20(19-11-5-2-6-12-19)21-13-7-8-14-22(21)23/h1-15H,16-17H2. The van der Waals surface area contributed by atoms with Crippen LogP contribution in [0.5, 0.6) is 0 Å². The molecule has 4 rings (SSSR count). The summed E-state index contributed by atoms with van der Waals surface area (Å²) in [6, 6.07) is 30.0. The maximum Gasteiger partial charge on any atom is 0.0451 e. The molecule has 1 nitrogen and oxygen atoms in total. The molecular formula is C22H19N. The second-order valence-electron chi connectivity index (χ2n) is 5.87. The summed E-state index contributed by atoms with van der Waals surface area (Å²) in [7, 11) is 0. The first kappa shape index (κ1) is 13.8. The van der Waals surface area contributed by atoms with Gasteiger partial charge in [0, 0.05) is 24.3 Å². The average molecular weight is 297 g/mol. The predicted octanol–water partition coefficient (Wildman–Crippen LogP) is 5.14. The van der Waals surface area contributed by atoms with E-state index in [9.17, 15) is 0 Å². The highest BCUT2D eigenvalue weighted by Crippen LogP contribution is 2.35. The van der Waals surface area contributed by atoms with Crippen molar-refractivity contribution in [2.24, 2.45) is 0 Å². The number of anilines is 1. The Kier molecular flexibility index (Phi) is 3.69. The molecular weight excluding hydrogens is 278 g/mol. The van der Waals surface area contributed by atoms with E-state index in [0.717, 1.165) is 13.1 Å². The monoisotopic (exact) mass is 297 g/mol. The molecule has 0 radical (unpaired) electrons. The molecule has 3 aromatic carbocycles. The lowest BCUT2D eigenvalue weighted by atomic mass is 9.93. The molecule has 112 valence electrons. The highest BCUT2D eigenvalue weighted by molar-refractivity contribution is 5.88. The smallest absolute Gasteiger partial charge is 0.0451 e. The van der Waals surface area contributed by atoms with Crippen molar-refractivity contribution < 1.29 is 0 Å². The highest BCUT2D eigenvalue weighted by atomic mass is 15.1. The van der Waals surface area contributed by atoms with Gasteiger partial charge in [0.2, 0.25) is 0 Å². The third kappa shape index (κ3) is 2.78. The molecule has 0 spiro atoms. The van der Waals surface area contributed by atoms with Crippen LogP contribution in [0.25, 0.3) is 5.57 Å². The van der Waals surface area contributed by atoms with E-state index in [-0.39, 0.29) is 0 Å². The van der Waals surface area contributed by atoms with Gasteiger partial charge in [0.15, 0.2) is 0 Å². The Balaban J connectivity index is 1.71. The van der Waals surface area contributed by atoms with Crippen molar-refractivity contribution in [1.82, 2.24) is 0 Å². The molecule has 0 N–H and O–H groups in total. The molecule has 0 fully saturated rings. The fourth-order valence-corrected chi connectivity index (χ4v) is 3.23. The lowest BCUT2D eigenvalue weighted by Gasteiger charge is -2.31. The second-order valence-corrected chi connectivity index (χ2v) is 5.87. The van der Waals surface area contributed by atoms with Gasteiger partial charge < -0.3 is 4.90 Å². The summed E-state index contributed by atoms with van der Waals surface area (Å²) >= 11 is 0. The molecule has 0 aliphatic carbocycles. The number of rotatable bonds is 3. The Morgan fingerprint density at radius 1 is 0.696 bits per heavy atom. The first-order valence-corrected chi connectivity index (χ1v) is 8.06. The van der Waals surface area contributed by atoms with Crippen LogP contribution in [0.1, 0.15) is 16.7 Å². The van der Waals surface area contributed by atoms with Crippen LogP contribution in [-0.4, -0.2) is 6.54 Å². The SMILES string of the molecule is C1=C(c2ccccc2)c2ccccc2N(Cc2ccccc2)C1. The molecule has 1 aliphatic rings. The van der Waals surface area contributed by atoms with Gasteiger partial charge in [-0.2, -0.15) is 0 Å². The number of nitrogens with zero attached hydrogens (tertiary/aromatic N) is 1. The summed E-state index contributed by atoms with van der Waals surface area (Å²) in [4.78, 5) is 2.44. The van der Waals surface area contributed by atoms with Crippen LogP contribution >= 0.6 is 0 Å². The Bertz CT molecular complexity index is 819. The summed E-state index contributed by atoms with van der Waals surface area (Å²) in [6.45, 7) is 1.88. The minimum atomic E-state index is 0.941. The Hall–Kier alpha value is -2.80. The van der Waals surface area contributed by atoms with Crippen molar-refractivity contribution in [1.29, 1.82) is 0 Å². The number of hydrogen-bond donors (Lipinski definition) is 0. The van der Waals surface area contributed by atoms with E-state index in [4.69, 9.17) is 0 Å². The van der Waals surface area contributed by atoms with Gasteiger partial charge in [-0.1, -0.05) is 84.9 Å². The van der Waals surface area contributed by atoms with Gasteiger partial charge in [0.05, 0.1) is 0 Å². The zero-order valence-electron chi connectivity index (χ0n) is 13.0. The van der Waals surface area contributed by atoms with E-state index in [0.29, 0.717) is 0 Å². The molecule has 0 saturated carbocycles. The molecule has 0 aromatic heterocycles. The number of hydrogen-bond acceptors (Lipinski definition) is 1. The van der Waals surface area contributed by atoms with Crippen molar-refractivity contribution in [2.45, 2.75) is 6.54 Å². The summed E-state index contributed by atoms with van der Waals surface area (Å²) in [6.07, 6.45) is 2.35. The largest absolute Gasteiger partial charge is 0.363 e. The molecule has 0 atom stereocenters. The minimum Gasteiger partial charge on any atom is -0.363 e. The fourth-order valence-electron chi connectivity index (χ4n) is 3.23. The molecule has 0 unspecified atom stereocenters. The van der Waals surface area contributed by atoms with Crippen molar-refractivity contribution in [2.75, 3.05) is 11.4 Å². The summed E-state index contributed by atoms with van der Waals surface area (Å²) in [5, 5.41) is 0. The molecule has 3 aromatic rings. The first-order chi connectivity index (χ1) is 11.4. The van der Waals surface area contributed by atoms with Crippen molar-refractivity contribution in [3.8, 4) is 0 Å². The summed E-state index contributed by atoms with van der Waals surface area (Å²) in [5.74, 6) is 0. The molecule has 1 heterocycles. The van der Waals surface area contributed by atoms with E-state index in [1.54, 1.807) is 0 Å². The topological polar surface area (TPSA) is 3.24 Å². The van der Waals surface area contributed by atoms with Crippen LogP contribution in [-0.2, 0) is 6.54 Å². The molecule has 23 heavy (non-hydrogen) atoms. The van der Waals surface area contributed by atoms with Crippen LogP contribution in [0.4, 0.5) is 5.69 Å². The highest BCUT2D eigenvalue weighted by Gasteiger charge is 2.19. The third-order valence-corrected chi connectivity index (χ3v) is 4.35. The number of para-hydroxylation sites is 1. The van der Waals surface area contributed by atoms with E-state index >= 15 is 0 Å². The number of benzene rings is 3. The van der Waals surface area contributed by atoms with Gasteiger partial charge in [0.1, 0.15) is 0 Å². The van der Waals surface area contributed by atoms with Gasteiger partial charge in [-0.05, 0) is 22.8 Å². The third-order valence-electron chi connectivity index (χ3n) is 4.35. The lowest BCUT2D eigenvalue weighted by Crippen LogP contribution is -2.26. The average Bonchev–Trinajstić information content (AvgIpc) is 2.64. The van der Waals surface area contributed by atoms with Crippen molar-refractivity contribution in [3.05, 3.63) is 108 Å². The Labute approximate surface area is 137 Å². The lowest BCUT2D eigenvalue weighted by molar-refractivity contribution is 0.858. The van der Waals surface area contributed by atoms with E-state index in [1.165, 1.54) is 28.0 Å². The molecule has 0 saturated heterocycles. The molecule has 0 amide bonds. The second kappa shape index (κ2) is 6.13. The summed E-state index contributed by atoms with van der Waals surface area (Å²) in [5.41, 5.74) is 6.61. The molecule has 0 bridgehead atoms. The number of fused-ring (bicyclic) bond motifs is 1. The Morgan fingerprint density at radius 2 is 1.35 bits per heavy atom. The quantitative estimate of drug-likeness (QED) is 0.647. The van der Waals surface area contributed by atoms with Crippen LogP contribution in [0.15, 0.2) is 91.0 Å². The van der Waals surface area contributed by atoms with Gasteiger partial charge in [-0.3, -0.25) is 0 Å². The van der Waals surface area contributed by atoms with Gasteiger partial charge in [0.25, 0.3) is 0 Å². The molecule has 1 aliphatic heterocycles. The van der Waals surface area contributed by atoms with Crippen molar-refractivity contribution in [3.63, 3.8) is 0 Å². The zero-order chi connectivity index (χ0) is 15.5. The van der Waals surface area contributed by atoms with Gasteiger partial charge in [-0.15, -0.1) is 0 Å². The summed E-state index contributed by atoms with van der Waals surface area (Å²) < 4.78 is 0. The maximum atomic E-state index is 2.44.